The lowest BCUT2D eigenvalue weighted by Gasteiger charge is -2.44. The minimum absolute atomic E-state index is 0.0399. The fourth-order valence-electron chi connectivity index (χ4n) is 3.50. The van der Waals surface area contributed by atoms with Crippen molar-refractivity contribution in [1.82, 2.24) is 4.90 Å². The Morgan fingerprint density at radius 1 is 1.28 bits per heavy atom. The number of allylic oxidation sites excluding steroid dienone is 1. The summed E-state index contributed by atoms with van der Waals surface area (Å²) in [4.78, 5) is 26.8. The van der Waals surface area contributed by atoms with Crippen LogP contribution >= 0.6 is 23.2 Å². The molecule has 0 saturated carbocycles. The molecule has 152 valence electrons. The van der Waals surface area contributed by atoms with Gasteiger partial charge in [-0.2, -0.15) is 5.26 Å². The predicted molar refractivity (Wildman–Crippen MR) is 111 cm³/mol. The van der Waals surface area contributed by atoms with Crippen molar-refractivity contribution >= 4 is 40.6 Å². The lowest BCUT2D eigenvalue weighted by molar-refractivity contribution is -0.134. The molecule has 1 aromatic carbocycles. The molecule has 1 unspecified atom stereocenters. The highest BCUT2D eigenvalue weighted by molar-refractivity contribution is 6.35. The Kier molecular flexibility index (Phi) is 6.33. The van der Waals surface area contributed by atoms with Crippen LogP contribution in [0.5, 0.6) is 0 Å². The first-order valence-electron chi connectivity index (χ1n) is 9.21. The highest BCUT2D eigenvalue weighted by atomic mass is 35.5. The molecule has 0 saturated heterocycles. The van der Waals surface area contributed by atoms with Gasteiger partial charge in [0.1, 0.15) is 5.78 Å². The zero-order valence-electron chi connectivity index (χ0n) is 16.2. The second-order valence-electron chi connectivity index (χ2n) is 7.51. The van der Waals surface area contributed by atoms with Crippen LogP contribution in [0.4, 0.5) is 5.69 Å². The first-order valence-corrected chi connectivity index (χ1v) is 9.96. The van der Waals surface area contributed by atoms with Gasteiger partial charge in [0.05, 0.1) is 17.9 Å². The SMILES string of the molecule is CC(C)(C(=O)Nc1cc(Cl)cc(Cl)c1)N1CC=COC1C1=C(C#N)CC(=O)CC1. The molecule has 0 bridgehead atoms. The summed E-state index contributed by atoms with van der Waals surface area (Å²) in [5.74, 6) is -0.233. The van der Waals surface area contributed by atoms with Crippen LogP contribution in [0, 0.1) is 11.3 Å². The van der Waals surface area contributed by atoms with Gasteiger partial charge in [-0.1, -0.05) is 23.2 Å². The molecule has 1 aliphatic heterocycles. The first kappa shape index (κ1) is 21.4. The number of amides is 1. The monoisotopic (exact) mass is 433 g/mol. The third-order valence-corrected chi connectivity index (χ3v) is 5.59. The maximum atomic E-state index is 13.1. The van der Waals surface area contributed by atoms with Gasteiger partial charge in [0, 0.05) is 40.7 Å². The number of nitrogens with one attached hydrogen (secondary N) is 1. The molecule has 29 heavy (non-hydrogen) atoms. The molecule has 0 aromatic heterocycles. The quantitative estimate of drug-likeness (QED) is 0.757. The number of nitrogens with zero attached hydrogens (tertiary/aromatic N) is 2. The van der Waals surface area contributed by atoms with Crippen molar-refractivity contribution in [3.63, 3.8) is 0 Å². The third-order valence-electron chi connectivity index (χ3n) is 5.15. The molecular weight excluding hydrogens is 413 g/mol. The van der Waals surface area contributed by atoms with E-state index in [1.54, 1.807) is 38.3 Å². The van der Waals surface area contributed by atoms with Crippen LogP contribution in [0.25, 0.3) is 0 Å². The average molecular weight is 434 g/mol. The molecule has 1 aromatic rings. The number of nitriles is 1. The molecule has 0 spiro atoms. The topological polar surface area (TPSA) is 82.4 Å². The van der Waals surface area contributed by atoms with E-state index in [1.807, 2.05) is 11.0 Å². The Morgan fingerprint density at radius 3 is 2.62 bits per heavy atom. The lowest BCUT2D eigenvalue weighted by atomic mass is 9.88. The number of ketones is 1. The van der Waals surface area contributed by atoms with Crippen LogP contribution in [0.3, 0.4) is 0 Å². The largest absolute Gasteiger partial charge is 0.479 e. The van der Waals surface area contributed by atoms with Crippen molar-refractivity contribution in [3.8, 4) is 6.07 Å². The third kappa shape index (κ3) is 4.64. The van der Waals surface area contributed by atoms with Crippen LogP contribution < -0.4 is 5.32 Å². The van der Waals surface area contributed by atoms with Crippen LogP contribution in [-0.2, 0) is 14.3 Å². The maximum absolute atomic E-state index is 13.1. The number of hydrogen-bond acceptors (Lipinski definition) is 5. The number of halogens is 2. The van der Waals surface area contributed by atoms with E-state index in [0.717, 1.165) is 5.57 Å². The maximum Gasteiger partial charge on any atom is 0.244 e. The van der Waals surface area contributed by atoms with Gasteiger partial charge in [0.15, 0.2) is 6.23 Å². The molecule has 1 atom stereocenters. The van der Waals surface area contributed by atoms with Gasteiger partial charge in [-0.25, -0.2) is 4.90 Å². The first-order chi connectivity index (χ1) is 13.7. The summed E-state index contributed by atoms with van der Waals surface area (Å²) < 4.78 is 5.83. The van der Waals surface area contributed by atoms with Crippen molar-refractivity contribution in [3.05, 3.63) is 51.7 Å². The molecule has 0 fully saturated rings. The Balaban J connectivity index is 1.89. The van der Waals surface area contributed by atoms with Crippen LogP contribution in [0.2, 0.25) is 10.0 Å². The number of carbonyl (C=O) groups excluding carboxylic acids is 2. The highest BCUT2D eigenvalue weighted by Crippen LogP contribution is 2.34. The Bertz CT molecular complexity index is 927. The zero-order valence-corrected chi connectivity index (χ0v) is 17.7. The van der Waals surface area contributed by atoms with Gasteiger partial charge in [-0.15, -0.1) is 0 Å². The molecule has 1 amide bonds. The molecule has 1 heterocycles. The van der Waals surface area contributed by atoms with E-state index in [1.165, 1.54) is 0 Å². The molecule has 1 aliphatic carbocycles. The number of hydrogen-bond donors (Lipinski definition) is 1. The van der Waals surface area contributed by atoms with Crippen molar-refractivity contribution in [2.24, 2.45) is 0 Å². The molecule has 0 radical (unpaired) electrons. The van der Waals surface area contributed by atoms with Crippen molar-refractivity contribution in [1.29, 1.82) is 5.26 Å². The van der Waals surface area contributed by atoms with E-state index < -0.39 is 11.8 Å². The minimum Gasteiger partial charge on any atom is -0.479 e. The number of benzene rings is 1. The van der Waals surface area contributed by atoms with Crippen molar-refractivity contribution in [2.45, 2.75) is 44.9 Å². The fraction of sp³-hybridized carbons (Fsp3) is 0.381. The molecule has 8 heteroatoms. The highest BCUT2D eigenvalue weighted by Gasteiger charge is 2.43. The lowest BCUT2D eigenvalue weighted by Crippen LogP contribution is -2.58. The molecule has 6 nitrogen and oxygen atoms in total. The van der Waals surface area contributed by atoms with Crippen LogP contribution in [0.15, 0.2) is 41.7 Å². The molecular formula is C21H21Cl2N3O3. The fourth-order valence-corrected chi connectivity index (χ4v) is 4.02. The average Bonchev–Trinajstić information content (AvgIpc) is 2.67. The summed E-state index contributed by atoms with van der Waals surface area (Å²) in [5, 5.41) is 13.2. The summed E-state index contributed by atoms with van der Waals surface area (Å²) >= 11 is 12.1. The van der Waals surface area contributed by atoms with E-state index in [2.05, 4.69) is 11.4 Å². The Hall–Kier alpha value is -2.33. The molecule has 3 rings (SSSR count). The van der Waals surface area contributed by atoms with Crippen LogP contribution in [-0.4, -0.2) is 34.9 Å². The summed E-state index contributed by atoms with van der Waals surface area (Å²) in [6, 6.07) is 6.96. The van der Waals surface area contributed by atoms with Gasteiger partial charge in [0.25, 0.3) is 0 Å². The van der Waals surface area contributed by atoms with E-state index in [0.29, 0.717) is 40.7 Å². The summed E-state index contributed by atoms with van der Waals surface area (Å²) in [6.07, 6.45) is 3.71. The van der Waals surface area contributed by atoms with E-state index in [4.69, 9.17) is 27.9 Å². The summed E-state index contributed by atoms with van der Waals surface area (Å²) in [6.45, 7) is 4.02. The standard InChI is InChI=1S/C21H21Cl2N3O3/c1-21(2,20(28)25-16-10-14(22)9-15(23)11-16)26-6-3-7-29-19(26)18-5-4-17(27)8-13(18)12-24/h3,7,9-11,19H,4-6,8H2,1-2H3,(H,25,28). The number of ether oxygens (including phenoxy) is 1. The number of carbonyl (C=O) groups is 2. The van der Waals surface area contributed by atoms with E-state index >= 15 is 0 Å². The van der Waals surface area contributed by atoms with Gasteiger partial charge >= 0.3 is 0 Å². The smallest absolute Gasteiger partial charge is 0.244 e. The van der Waals surface area contributed by atoms with Gasteiger partial charge < -0.3 is 10.1 Å². The van der Waals surface area contributed by atoms with E-state index in [-0.39, 0.29) is 18.1 Å². The number of anilines is 1. The van der Waals surface area contributed by atoms with Gasteiger partial charge in [0.2, 0.25) is 5.91 Å². The normalized spacial score (nSPS) is 20.2. The predicted octanol–water partition coefficient (Wildman–Crippen LogP) is 4.46. The zero-order chi connectivity index (χ0) is 21.2. The Labute approximate surface area is 179 Å². The second kappa shape index (κ2) is 8.58. The summed E-state index contributed by atoms with van der Waals surface area (Å²) in [7, 11) is 0. The molecule has 1 N–H and O–H groups in total. The second-order valence-corrected chi connectivity index (χ2v) is 8.39. The number of rotatable bonds is 4. The van der Waals surface area contributed by atoms with Crippen molar-refractivity contribution in [2.75, 3.05) is 11.9 Å². The van der Waals surface area contributed by atoms with Gasteiger partial charge in [-0.3, -0.25) is 9.59 Å². The number of Topliss-reactive ketones (excluding diaryl/α,β-unsaturated/α-hetero) is 1. The summed E-state index contributed by atoms with van der Waals surface area (Å²) in [5.41, 5.74) is 0.678. The van der Waals surface area contributed by atoms with Crippen molar-refractivity contribution < 1.29 is 14.3 Å². The Morgan fingerprint density at radius 2 is 1.97 bits per heavy atom. The van der Waals surface area contributed by atoms with Gasteiger partial charge in [-0.05, 0) is 50.1 Å². The van der Waals surface area contributed by atoms with E-state index in [9.17, 15) is 14.9 Å². The van der Waals surface area contributed by atoms with Crippen LogP contribution in [0.1, 0.15) is 33.1 Å². The molecule has 2 aliphatic rings. The minimum atomic E-state index is -0.987.